The van der Waals surface area contributed by atoms with Gasteiger partial charge in [0.25, 0.3) is 0 Å². The molecule has 5 heterocycles. The lowest BCUT2D eigenvalue weighted by Crippen LogP contribution is -2.61. The summed E-state index contributed by atoms with van der Waals surface area (Å²) in [6.45, 7) is 19.1. The van der Waals surface area contributed by atoms with Crippen LogP contribution in [-0.2, 0) is 55.6 Å². The molecule has 15 nitrogen and oxygen atoms in total. The Balaban J connectivity index is 1.37. The Bertz CT molecular complexity index is 2210. The van der Waals surface area contributed by atoms with Crippen molar-refractivity contribution in [3.63, 3.8) is 0 Å². The third kappa shape index (κ3) is 11.4. The molecule has 1 aromatic carbocycles. The summed E-state index contributed by atoms with van der Waals surface area (Å²) in [5.74, 6) is -4.82. The van der Waals surface area contributed by atoms with E-state index in [0.717, 1.165) is 23.6 Å². The number of esters is 2. The van der Waals surface area contributed by atoms with E-state index in [4.69, 9.17) is 28.4 Å². The molecule has 3 aliphatic heterocycles. The molecule has 3 aromatic rings. The largest absolute Gasteiger partial charge is 0.461 e. The highest BCUT2D eigenvalue weighted by molar-refractivity contribution is 5.86. The van der Waals surface area contributed by atoms with E-state index >= 15 is 4.79 Å². The molecule has 1 amide bonds. The zero-order valence-corrected chi connectivity index (χ0v) is 41.7. The monoisotopic (exact) mass is 943 g/mol. The van der Waals surface area contributed by atoms with Gasteiger partial charge in [-0.1, -0.05) is 58.0 Å². The highest BCUT2D eigenvalue weighted by atomic mass is 16.7. The van der Waals surface area contributed by atoms with E-state index < -0.39 is 89.7 Å². The van der Waals surface area contributed by atoms with Crippen LogP contribution in [0.25, 0.3) is 10.8 Å². The van der Waals surface area contributed by atoms with E-state index in [1.807, 2.05) is 71.0 Å². The Morgan fingerprint density at radius 3 is 2.46 bits per heavy atom. The Hall–Kier alpha value is -4.80. The van der Waals surface area contributed by atoms with Gasteiger partial charge in [0.05, 0.1) is 36.2 Å². The van der Waals surface area contributed by atoms with E-state index in [1.165, 1.54) is 12.7 Å². The summed E-state index contributed by atoms with van der Waals surface area (Å²) in [5, 5.41) is 14.1. The molecular weight excluding hydrogens is 869 g/mol. The molecule has 68 heavy (non-hydrogen) atoms. The van der Waals surface area contributed by atoms with E-state index in [-0.39, 0.29) is 37.2 Å². The lowest BCUT2D eigenvalue weighted by atomic mass is 9.73. The van der Waals surface area contributed by atoms with Gasteiger partial charge in [0.15, 0.2) is 11.9 Å². The average Bonchev–Trinajstić information content (AvgIpc) is 3.58. The van der Waals surface area contributed by atoms with Crippen LogP contribution in [0.5, 0.6) is 0 Å². The van der Waals surface area contributed by atoms with Crippen LogP contribution in [0, 0.1) is 23.7 Å². The van der Waals surface area contributed by atoms with Crippen molar-refractivity contribution < 1.29 is 52.7 Å². The fourth-order valence-corrected chi connectivity index (χ4v) is 11.2. The molecule has 14 atom stereocenters. The molecule has 3 aliphatic rings. The Morgan fingerprint density at radius 2 is 1.76 bits per heavy atom. The number of ketones is 1. The molecule has 0 spiro atoms. The van der Waals surface area contributed by atoms with Crippen molar-refractivity contribution >= 4 is 34.6 Å². The second-order valence-corrected chi connectivity index (χ2v) is 19.8. The minimum Gasteiger partial charge on any atom is -0.461 e. The molecule has 6 rings (SSSR count). The summed E-state index contributed by atoms with van der Waals surface area (Å²) in [4.78, 5) is 70.1. The number of amides is 1. The maximum atomic E-state index is 15.1. The minimum atomic E-state index is -1.43. The summed E-state index contributed by atoms with van der Waals surface area (Å²) in [6.07, 6.45) is 5.09. The first-order valence-electron chi connectivity index (χ1n) is 24.4. The van der Waals surface area contributed by atoms with Gasteiger partial charge in [0, 0.05) is 74.2 Å². The summed E-state index contributed by atoms with van der Waals surface area (Å²) in [5.41, 5.74) is -0.948. The number of pyridine rings is 2. The fraction of sp³-hybridized carbons (Fsp3) is 0.623. The first kappa shape index (κ1) is 52.6. The number of fused-ring (bicyclic) bond motifs is 2. The van der Waals surface area contributed by atoms with Gasteiger partial charge < -0.3 is 38.4 Å². The van der Waals surface area contributed by atoms with Crippen molar-refractivity contribution in [1.29, 1.82) is 0 Å². The summed E-state index contributed by atoms with van der Waals surface area (Å²) < 4.78 is 38.8. The lowest BCUT2D eigenvalue weighted by Gasteiger charge is -2.48. The molecule has 0 radical (unpaired) electrons. The Kier molecular flexibility index (Phi) is 17.6. The molecule has 0 unspecified atom stereocenters. The predicted octanol–water partition coefficient (Wildman–Crippen LogP) is 7.30. The van der Waals surface area contributed by atoms with Gasteiger partial charge in [-0.25, -0.2) is 4.79 Å². The van der Waals surface area contributed by atoms with E-state index in [0.29, 0.717) is 31.5 Å². The van der Waals surface area contributed by atoms with Crippen molar-refractivity contribution in [2.45, 2.75) is 160 Å². The topological polar surface area (TPSA) is 176 Å². The SMILES string of the molecule is C=CCN(C)[C@@H]1C[C@H](C)O[C@H](O[C@@H]2[C@@H](C)[C@H](OC(=O)Cc3cccnc3)[C@@H](C)C(=O)O[C@H](CC)[C@@]3(C)OC(=O)N(CCCCc4cccc5cnccc45)[C@@H]3[C@@H](C)C(=O)[C@H](C)C[C@@]2(C)OC)[C@H]1O. The number of likely N-dealkylation sites (N-methyl/N-ethyl adjacent to an activating group) is 1. The van der Waals surface area contributed by atoms with Crippen LogP contribution < -0.4 is 0 Å². The highest BCUT2D eigenvalue weighted by Crippen LogP contribution is 2.44. The number of hydrogen-bond donors (Lipinski definition) is 1. The zero-order chi connectivity index (χ0) is 49.5. The second kappa shape index (κ2) is 22.7. The lowest BCUT2D eigenvalue weighted by molar-refractivity contribution is -0.302. The molecule has 1 N–H and O–H groups in total. The number of methoxy groups -OCH3 is 1. The molecule has 3 saturated heterocycles. The third-order valence-corrected chi connectivity index (χ3v) is 14.9. The van der Waals surface area contributed by atoms with Crippen molar-refractivity contribution in [1.82, 2.24) is 19.8 Å². The number of ether oxygens (including phenoxy) is 6. The Labute approximate surface area is 402 Å². The van der Waals surface area contributed by atoms with Crippen molar-refractivity contribution in [2.75, 3.05) is 27.2 Å². The van der Waals surface area contributed by atoms with Crippen molar-refractivity contribution in [3.05, 3.63) is 85.0 Å². The highest BCUT2D eigenvalue weighted by Gasteiger charge is 2.60. The van der Waals surface area contributed by atoms with Gasteiger partial charge in [-0.15, -0.1) is 6.58 Å². The number of aromatic nitrogens is 2. The van der Waals surface area contributed by atoms with Gasteiger partial charge >= 0.3 is 18.0 Å². The number of cyclic esters (lactones) is 1. The number of nitrogens with zero attached hydrogens (tertiary/aromatic N) is 4. The summed E-state index contributed by atoms with van der Waals surface area (Å²) >= 11 is 0. The first-order valence-corrected chi connectivity index (χ1v) is 24.4. The average molecular weight is 943 g/mol. The number of aliphatic hydroxyl groups excluding tert-OH is 1. The van der Waals surface area contributed by atoms with Gasteiger partial charge in [-0.3, -0.25) is 29.3 Å². The van der Waals surface area contributed by atoms with Gasteiger partial charge in [-0.05, 0) is 102 Å². The van der Waals surface area contributed by atoms with E-state index in [9.17, 15) is 19.5 Å². The normalized spacial score (nSPS) is 33.9. The van der Waals surface area contributed by atoms with E-state index in [1.54, 1.807) is 62.5 Å². The summed E-state index contributed by atoms with van der Waals surface area (Å²) in [6, 6.07) is 10.5. The maximum Gasteiger partial charge on any atom is 0.410 e. The molecule has 0 aliphatic carbocycles. The zero-order valence-electron chi connectivity index (χ0n) is 41.7. The Morgan fingerprint density at radius 1 is 1.01 bits per heavy atom. The standard InChI is InChI=1S/C53H74N4O11/c1-12-25-56(10)41-27-33(4)64-50(45(41)60)67-48-35(6)46(66-43(58)28-37-18-17-23-54-30-37)36(7)49(61)65-42(13-2)53(9)47(34(5)44(59)32(3)29-52(48,8)63-11)57(51(62)68-53)26-15-14-19-38-20-16-21-39-31-55-24-22-40(38)39/h12,16-18,20-24,30-36,41-42,45-48,50,60H,1,13-15,19,25-29H2,2-11H3/t32-,33+,34+,35+,36-,41-,42-,45+,46+,47-,48-,50-,52-,53-/m1/s1. The molecule has 0 bridgehead atoms. The molecule has 0 saturated carbocycles. The number of carbonyl (C=O) groups is 4. The third-order valence-electron chi connectivity index (χ3n) is 14.9. The van der Waals surface area contributed by atoms with Crippen LogP contribution in [0.4, 0.5) is 4.79 Å². The predicted molar refractivity (Wildman–Crippen MR) is 256 cm³/mol. The maximum absolute atomic E-state index is 15.1. The van der Waals surface area contributed by atoms with E-state index in [2.05, 4.69) is 22.6 Å². The number of carbonyl (C=O) groups excluding carboxylic acids is 4. The van der Waals surface area contributed by atoms with Gasteiger partial charge in [0.2, 0.25) is 0 Å². The van der Waals surface area contributed by atoms with Crippen LogP contribution in [0.3, 0.4) is 0 Å². The van der Waals surface area contributed by atoms with Crippen LogP contribution in [0.2, 0.25) is 0 Å². The first-order chi connectivity index (χ1) is 32.4. The number of benzene rings is 1. The second-order valence-electron chi connectivity index (χ2n) is 19.8. The number of Topliss-reactive ketones (excluding diaryl/α,β-unsaturated/α-hetero) is 1. The number of hydrogen-bond acceptors (Lipinski definition) is 14. The van der Waals surface area contributed by atoms with Crippen molar-refractivity contribution in [3.8, 4) is 0 Å². The molecule has 3 fully saturated rings. The van der Waals surface area contributed by atoms with Crippen LogP contribution in [0.15, 0.2) is 73.8 Å². The number of rotatable bonds is 15. The molecular formula is C53H74N4O11. The number of aliphatic hydroxyl groups is 1. The van der Waals surface area contributed by atoms with Crippen LogP contribution in [0.1, 0.15) is 98.6 Å². The molecule has 2 aromatic heterocycles. The number of aryl methyl sites for hydroxylation is 1. The van der Waals surface area contributed by atoms with Crippen LogP contribution >= 0.6 is 0 Å². The minimum absolute atomic E-state index is 0.116. The molecule has 372 valence electrons. The number of unbranched alkanes of at least 4 members (excludes halogenated alkanes) is 1. The summed E-state index contributed by atoms with van der Waals surface area (Å²) in [7, 11) is 3.43. The smallest absolute Gasteiger partial charge is 0.410 e. The quantitative estimate of drug-likeness (QED) is 0.0695. The van der Waals surface area contributed by atoms with Crippen LogP contribution in [-0.4, -0.2) is 136 Å². The fourth-order valence-electron chi connectivity index (χ4n) is 11.2. The van der Waals surface area contributed by atoms with Gasteiger partial charge in [-0.2, -0.15) is 0 Å². The van der Waals surface area contributed by atoms with Crippen molar-refractivity contribution in [2.24, 2.45) is 23.7 Å². The van der Waals surface area contributed by atoms with Gasteiger partial charge in [0.1, 0.15) is 24.1 Å². The molecule has 15 heteroatoms.